The van der Waals surface area contributed by atoms with E-state index in [1.54, 1.807) is 6.08 Å². The Labute approximate surface area is 206 Å². The second-order valence-corrected chi connectivity index (χ2v) is 9.40. The summed E-state index contributed by atoms with van der Waals surface area (Å²) >= 11 is 1.31. The van der Waals surface area contributed by atoms with Gasteiger partial charge in [0.05, 0.1) is 5.57 Å². The lowest BCUT2D eigenvalue weighted by molar-refractivity contribution is -0.114. The Morgan fingerprint density at radius 3 is 2.54 bits per heavy atom. The van der Waals surface area contributed by atoms with E-state index in [1.807, 2.05) is 66.9 Å². The van der Waals surface area contributed by atoms with E-state index in [4.69, 9.17) is 5.41 Å². The van der Waals surface area contributed by atoms with Crippen molar-refractivity contribution in [1.29, 1.82) is 5.41 Å². The largest absolute Gasteiger partial charge is 0.342 e. The topological polar surface area (TPSA) is 73.8 Å². The fourth-order valence-electron chi connectivity index (χ4n) is 4.34. The predicted octanol–water partition coefficient (Wildman–Crippen LogP) is 5.67. The molecule has 170 valence electrons. The second kappa shape index (κ2) is 8.52. The van der Waals surface area contributed by atoms with Gasteiger partial charge < -0.3 is 4.57 Å². The molecule has 6 rings (SSSR count). The maximum absolute atomic E-state index is 13.0. The molecule has 3 aromatic carbocycles. The predicted molar refractivity (Wildman–Crippen MR) is 143 cm³/mol. The van der Waals surface area contributed by atoms with Gasteiger partial charge in [-0.05, 0) is 42.0 Å². The van der Waals surface area contributed by atoms with Crippen molar-refractivity contribution in [3.05, 3.63) is 113 Å². The molecule has 4 aromatic rings. The first-order valence-corrected chi connectivity index (χ1v) is 12.1. The third-order valence-corrected chi connectivity index (χ3v) is 7.15. The van der Waals surface area contributed by atoms with Crippen LogP contribution in [0.5, 0.6) is 0 Å². The van der Waals surface area contributed by atoms with Crippen LogP contribution in [0.2, 0.25) is 0 Å². The summed E-state index contributed by atoms with van der Waals surface area (Å²) in [7, 11) is 0. The van der Waals surface area contributed by atoms with Crippen LogP contribution in [0.4, 0.5) is 0 Å². The van der Waals surface area contributed by atoms with E-state index in [0.29, 0.717) is 5.17 Å². The summed E-state index contributed by atoms with van der Waals surface area (Å²) in [4.78, 5) is 17.2. The molecule has 0 fully saturated rings. The number of aromatic nitrogens is 1. The number of fused-ring (bicyclic) bond motifs is 2. The summed E-state index contributed by atoms with van der Waals surface area (Å²) in [6.07, 6.45) is 3.81. The normalized spacial score (nSPS) is 16.6. The highest BCUT2D eigenvalue weighted by atomic mass is 32.2. The van der Waals surface area contributed by atoms with Crippen molar-refractivity contribution in [3.63, 3.8) is 0 Å². The number of thioether (sulfide) groups is 1. The lowest BCUT2D eigenvalue weighted by Crippen LogP contribution is -2.35. The quantitative estimate of drug-likeness (QED) is 0.387. The lowest BCUT2D eigenvalue weighted by atomic mass is 10.1. The summed E-state index contributed by atoms with van der Waals surface area (Å²) in [5.74, 6) is -0.386. The Hall–Kier alpha value is -4.23. The number of aryl methyl sites for hydroxylation is 1. The molecule has 0 unspecified atom stereocenters. The minimum absolute atomic E-state index is 0.0363. The van der Waals surface area contributed by atoms with Crippen molar-refractivity contribution < 1.29 is 4.79 Å². The molecular weight excluding hydrogens is 454 g/mol. The highest BCUT2D eigenvalue weighted by molar-refractivity contribution is 8.27. The van der Waals surface area contributed by atoms with Gasteiger partial charge in [-0.3, -0.25) is 10.2 Å². The van der Waals surface area contributed by atoms with Gasteiger partial charge in [-0.15, -0.1) is 0 Å². The van der Waals surface area contributed by atoms with E-state index < -0.39 is 5.91 Å². The summed E-state index contributed by atoms with van der Waals surface area (Å²) in [5, 5.41) is 16.9. The smallest absolute Gasteiger partial charge is 0.283 e. The molecule has 35 heavy (non-hydrogen) atoms. The molecule has 1 amide bonds. The monoisotopic (exact) mass is 475 g/mol. The van der Waals surface area contributed by atoms with Gasteiger partial charge in [0, 0.05) is 34.8 Å². The minimum atomic E-state index is -0.422. The van der Waals surface area contributed by atoms with E-state index in [2.05, 4.69) is 39.8 Å². The summed E-state index contributed by atoms with van der Waals surface area (Å²) in [6.45, 7) is 2.83. The van der Waals surface area contributed by atoms with Gasteiger partial charge in [0.1, 0.15) is 5.04 Å². The van der Waals surface area contributed by atoms with Gasteiger partial charge in [-0.1, -0.05) is 72.8 Å². The minimum Gasteiger partial charge on any atom is -0.342 e. The first kappa shape index (κ1) is 21.3. The summed E-state index contributed by atoms with van der Waals surface area (Å²) in [6, 6.07) is 26.2. The molecule has 7 heteroatoms. The van der Waals surface area contributed by atoms with E-state index >= 15 is 0 Å². The fraction of sp³-hybridized carbons (Fsp3) is 0.0714. The number of para-hydroxylation sites is 1. The van der Waals surface area contributed by atoms with Crippen LogP contribution in [0.3, 0.4) is 0 Å². The summed E-state index contributed by atoms with van der Waals surface area (Å²) in [5.41, 5.74) is 5.57. The molecule has 6 nitrogen and oxygen atoms in total. The highest BCUT2D eigenvalue weighted by Gasteiger charge is 2.36. The van der Waals surface area contributed by atoms with Crippen molar-refractivity contribution in [2.24, 2.45) is 10.1 Å². The van der Waals surface area contributed by atoms with Crippen LogP contribution < -0.4 is 0 Å². The molecule has 1 N–H and O–H groups in total. The molecule has 0 saturated carbocycles. The Morgan fingerprint density at radius 1 is 0.971 bits per heavy atom. The number of nitrogens with one attached hydrogen (secondary N) is 1. The number of amidine groups is 2. The molecule has 3 heterocycles. The van der Waals surface area contributed by atoms with E-state index in [9.17, 15) is 4.79 Å². The maximum Gasteiger partial charge on any atom is 0.283 e. The highest BCUT2D eigenvalue weighted by Crippen LogP contribution is 2.32. The molecule has 0 spiro atoms. The van der Waals surface area contributed by atoms with Crippen LogP contribution in [0.25, 0.3) is 17.0 Å². The Kier molecular flexibility index (Phi) is 5.19. The van der Waals surface area contributed by atoms with E-state index in [0.717, 1.165) is 33.6 Å². The van der Waals surface area contributed by atoms with Gasteiger partial charge in [0.25, 0.3) is 5.91 Å². The first-order chi connectivity index (χ1) is 17.1. The number of rotatable bonds is 4. The number of hydrazone groups is 1. The molecule has 0 atom stereocenters. The van der Waals surface area contributed by atoms with Crippen molar-refractivity contribution in [3.8, 4) is 0 Å². The van der Waals surface area contributed by atoms with Crippen LogP contribution >= 0.6 is 11.8 Å². The average Bonchev–Trinajstić information content (AvgIpc) is 3.46. The number of hydrogen-bond donors (Lipinski definition) is 1. The molecule has 1 aromatic heterocycles. The van der Waals surface area contributed by atoms with Gasteiger partial charge in [-0.2, -0.15) is 15.1 Å². The number of benzene rings is 3. The zero-order chi connectivity index (χ0) is 23.9. The molecule has 2 aliphatic rings. The third kappa shape index (κ3) is 3.80. The van der Waals surface area contributed by atoms with Crippen LogP contribution in [0.1, 0.15) is 22.3 Å². The van der Waals surface area contributed by atoms with Crippen molar-refractivity contribution >= 4 is 50.7 Å². The summed E-state index contributed by atoms with van der Waals surface area (Å²) < 4.78 is 2.19. The van der Waals surface area contributed by atoms with Gasteiger partial charge >= 0.3 is 0 Å². The SMILES string of the molecule is Cc1ccccc1Cn1cc(C=C2C(=N)N3N=C(c4ccccc4)SC3=NC2=O)c2ccccc21. The maximum atomic E-state index is 13.0. The molecule has 0 bridgehead atoms. The number of amides is 1. The van der Waals surface area contributed by atoms with E-state index in [-0.39, 0.29) is 11.4 Å². The van der Waals surface area contributed by atoms with Crippen LogP contribution in [-0.2, 0) is 11.3 Å². The molecule has 0 aliphatic carbocycles. The zero-order valence-corrected chi connectivity index (χ0v) is 19.8. The van der Waals surface area contributed by atoms with Crippen molar-refractivity contribution in [2.75, 3.05) is 0 Å². The second-order valence-electron chi connectivity index (χ2n) is 8.45. The number of nitrogens with zero attached hydrogens (tertiary/aromatic N) is 4. The zero-order valence-electron chi connectivity index (χ0n) is 19.0. The third-order valence-electron chi connectivity index (χ3n) is 6.20. The lowest BCUT2D eigenvalue weighted by Gasteiger charge is -2.20. The van der Waals surface area contributed by atoms with E-state index in [1.165, 1.54) is 27.9 Å². The van der Waals surface area contributed by atoms with Crippen LogP contribution in [-0.4, -0.2) is 31.5 Å². The van der Waals surface area contributed by atoms with Gasteiger partial charge in [0.2, 0.25) is 5.17 Å². The Balaban J connectivity index is 1.39. The van der Waals surface area contributed by atoms with Gasteiger partial charge in [0.15, 0.2) is 5.84 Å². The number of hydrogen-bond acceptors (Lipinski definition) is 4. The van der Waals surface area contributed by atoms with Crippen LogP contribution in [0, 0.1) is 12.3 Å². The average molecular weight is 476 g/mol. The first-order valence-electron chi connectivity index (χ1n) is 11.3. The number of carbonyl (C=O) groups is 1. The molecular formula is C28H21N5OS. The van der Waals surface area contributed by atoms with Crippen molar-refractivity contribution in [2.45, 2.75) is 13.5 Å². The Morgan fingerprint density at radius 2 is 1.71 bits per heavy atom. The number of carbonyl (C=O) groups excluding carboxylic acids is 1. The van der Waals surface area contributed by atoms with Gasteiger partial charge in [-0.25, -0.2) is 0 Å². The van der Waals surface area contributed by atoms with Crippen LogP contribution in [0.15, 0.2) is 101 Å². The molecule has 0 saturated heterocycles. The Bertz CT molecular complexity index is 1600. The fourth-order valence-corrected chi connectivity index (χ4v) is 5.23. The number of aliphatic imine (C=N–C) groups is 1. The standard InChI is InChI=1S/C28H21N5OS/c1-18-9-5-6-12-20(18)16-32-17-21(22-13-7-8-14-24(22)32)15-23-25(29)33-28(30-26(23)34)35-27(31-33)19-10-3-2-4-11-19/h2-15,17,29H,16H2,1H3. The molecule has 2 aliphatic heterocycles. The van der Waals surface area contributed by atoms with Crippen molar-refractivity contribution in [1.82, 2.24) is 9.58 Å². The molecule has 0 radical (unpaired) electrons.